The number of amides is 1. The van der Waals surface area contributed by atoms with Gasteiger partial charge in [0, 0.05) is 62.8 Å². The lowest BCUT2D eigenvalue weighted by atomic mass is 9.86. The van der Waals surface area contributed by atoms with E-state index in [9.17, 15) is 4.79 Å². The number of ether oxygens (including phenoxy) is 1. The molecule has 166 valence electrons. The van der Waals surface area contributed by atoms with Crippen LogP contribution in [0.2, 0.25) is 0 Å². The lowest BCUT2D eigenvalue weighted by molar-refractivity contribution is -0.136. The first kappa shape index (κ1) is 21.4. The highest BCUT2D eigenvalue weighted by Crippen LogP contribution is 2.28. The fraction of sp³-hybridized carbons (Fsp3) is 0.542. The fourth-order valence-corrected chi connectivity index (χ4v) is 4.60. The number of fused-ring (bicyclic) bond motifs is 1. The molecule has 0 spiro atoms. The molecule has 0 bridgehead atoms. The highest BCUT2D eigenvalue weighted by Gasteiger charge is 2.31. The molecule has 2 heterocycles. The Morgan fingerprint density at radius 3 is 2.48 bits per heavy atom. The Labute approximate surface area is 185 Å². The van der Waals surface area contributed by atoms with E-state index in [0.717, 1.165) is 81.5 Å². The summed E-state index contributed by atoms with van der Waals surface area (Å²) >= 11 is 0. The Balaban J connectivity index is 1.34. The SMILES string of the molecule is CCN(CC)c1ncc2c(n1)CC[C@H](C(=O)N1CCN(c3ccc(OC)cc3)CC1)C2. The first-order chi connectivity index (χ1) is 15.1. The standard InChI is InChI=1S/C24H33N5O2/c1-4-27(5-2)24-25-17-19-16-18(6-11-22(19)26-24)23(30)29-14-12-28(13-15-29)20-7-9-21(31-3)10-8-20/h7-10,17-18H,4-6,11-16H2,1-3H3/t18-/m0/s1. The molecular formula is C24H33N5O2. The van der Waals surface area contributed by atoms with Crippen LogP contribution in [0.1, 0.15) is 31.5 Å². The quantitative estimate of drug-likeness (QED) is 0.712. The van der Waals surface area contributed by atoms with Crippen molar-refractivity contribution in [3.05, 3.63) is 41.7 Å². The minimum atomic E-state index is 0.0444. The first-order valence-corrected chi connectivity index (χ1v) is 11.4. The van der Waals surface area contributed by atoms with E-state index >= 15 is 0 Å². The van der Waals surface area contributed by atoms with Gasteiger partial charge in [-0.25, -0.2) is 9.97 Å². The maximum absolute atomic E-state index is 13.2. The first-order valence-electron chi connectivity index (χ1n) is 11.4. The van der Waals surface area contributed by atoms with Crippen molar-refractivity contribution in [1.82, 2.24) is 14.9 Å². The summed E-state index contributed by atoms with van der Waals surface area (Å²) in [5, 5.41) is 0. The molecule has 1 fully saturated rings. The van der Waals surface area contributed by atoms with Gasteiger partial charge in [-0.1, -0.05) is 0 Å². The number of hydrogen-bond acceptors (Lipinski definition) is 6. The van der Waals surface area contributed by atoms with Crippen molar-refractivity contribution >= 4 is 17.5 Å². The van der Waals surface area contributed by atoms with Gasteiger partial charge in [0.15, 0.2) is 0 Å². The maximum atomic E-state index is 13.2. The normalized spacial score (nSPS) is 18.5. The largest absolute Gasteiger partial charge is 0.497 e. The molecule has 7 nitrogen and oxygen atoms in total. The van der Waals surface area contributed by atoms with Gasteiger partial charge in [-0.3, -0.25) is 4.79 Å². The zero-order chi connectivity index (χ0) is 21.8. The van der Waals surface area contributed by atoms with E-state index in [4.69, 9.17) is 9.72 Å². The Morgan fingerprint density at radius 1 is 1.13 bits per heavy atom. The Kier molecular flexibility index (Phi) is 6.59. The molecular weight excluding hydrogens is 390 g/mol. The maximum Gasteiger partial charge on any atom is 0.226 e. The second-order valence-electron chi connectivity index (χ2n) is 8.26. The minimum Gasteiger partial charge on any atom is -0.497 e. The van der Waals surface area contributed by atoms with Crippen molar-refractivity contribution in [2.75, 3.05) is 56.2 Å². The van der Waals surface area contributed by atoms with Gasteiger partial charge in [-0.2, -0.15) is 0 Å². The minimum absolute atomic E-state index is 0.0444. The monoisotopic (exact) mass is 423 g/mol. The van der Waals surface area contributed by atoms with Crippen molar-refractivity contribution in [2.24, 2.45) is 5.92 Å². The van der Waals surface area contributed by atoms with Gasteiger partial charge in [-0.05, 0) is 62.9 Å². The summed E-state index contributed by atoms with van der Waals surface area (Å²) in [4.78, 5) is 29.1. The van der Waals surface area contributed by atoms with E-state index in [0.29, 0.717) is 0 Å². The second-order valence-corrected chi connectivity index (χ2v) is 8.26. The van der Waals surface area contributed by atoms with Crippen LogP contribution in [0, 0.1) is 5.92 Å². The molecule has 1 aromatic heterocycles. The van der Waals surface area contributed by atoms with Gasteiger partial charge in [0.2, 0.25) is 11.9 Å². The lowest BCUT2D eigenvalue weighted by Gasteiger charge is -2.38. The molecule has 0 radical (unpaired) electrons. The van der Waals surface area contributed by atoms with Crippen LogP contribution < -0.4 is 14.5 Å². The zero-order valence-electron chi connectivity index (χ0n) is 18.9. The van der Waals surface area contributed by atoms with Gasteiger partial charge in [0.05, 0.1) is 7.11 Å². The van der Waals surface area contributed by atoms with Gasteiger partial charge in [0.1, 0.15) is 5.75 Å². The van der Waals surface area contributed by atoms with E-state index in [2.05, 4.69) is 40.8 Å². The molecule has 7 heteroatoms. The molecule has 1 atom stereocenters. The molecule has 0 unspecified atom stereocenters. The number of carbonyl (C=O) groups excluding carboxylic acids is 1. The molecule has 31 heavy (non-hydrogen) atoms. The molecule has 1 aliphatic heterocycles. The van der Waals surface area contributed by atoms with E-state index in [1.165, 1.54) is 5.69 Å². The van der Waals surface area contributed by atoms with Crippen molar-refractivity contribution < 1.29 is 9.53 Å². The van der Waals surface area contributed by atoms with Crippen molar-refractivity contribution in [3.63, 3.8) is 0 Å². The van der Waals surface area contributed by atoms with Crippen LogP contribution in [-0.4, -0.2) is 67.2 Å². The predicted molar refractivity (Wildman–Crippen MR) is 123 cm³/mol. The van der Waals surface area contributed by atoms with Crippen LogP contribution in [0.15, 0.2) is 30.5 Å². The Hall–Kier alpha value is -2.83. The van der Waals surface area contributed by atoms with Crippen LogP contribution >= 0.6 is 0 Å². The van der Waals surface area contributed by atoms with E-state index in [1.807, 2.05) is 23.2 Å². The third-order valence-electron chi connectivity index (χ3n) is 6.56. The number of hydrogen-bond donors (Lipinski definition) is 0. The highest BCUT2D eigenvalue weighted by molar-refractivity contribution is 5.80. The summed E-state index contributed by atoms with van der Waals surface area (Å²) in [7, 11) is 1.68. The highest BCUT2D eigenvalue weighted by atomic mass is 16.5. The number of benzene rings is 1. The zero-order valence-corrected chi connectivity index (χ0v) is 18.9. The summed E-state index contributed by atoms with van der Waals surface area (Å²) < 4.78 is 5.24. The number of rotatable bonds is 6. The number of anilines is 2. The van der Waals surface area contributed by atoms with Gasteiger partial charge in [0.25, 0.3) is 0 Å². The number of carbonyl (C=O) groups is 1. The summed E-state index contributed by atoms with van der Waals surface area (Å²) in [6, 6.07) is 8.14. The molecule has 1 aliphatic carbocycles. The van der Waals surface area contributed by atoms with Crippen LogP contribution in [0.25, 0.3) is 0 Å². The lowest BCUT2D eigenvalue weighted by Crippen LogP contribution is -2.51. The topological polar surface area (TPSA) is 61.8 Å². The molecule has 2 aromatic rings. The average Bonchev–Trinajstić information content (AvgIpc) is 2.84. The number of aryl methyl sites for hydroxylation is 1. The van der Waals surface area contributed by atoms with E-state index in [-0.39, 0.29) is 11.8 Å². The Morgan fingerprint density at radius 2 is 1.84 bits per heavy atom. The van der Waals surface area contributed by atoms with Crippen LogP contribution in [-0.2, 0) is 17.6 Å². The smallest absolute Gasteiger partial charge is 0.226 e. The van der Waals surface area contributed by atoms with Crippen molar-refractivity contribution in [3.8, 4) is 5.75 Å². The molecule has 1 saturated heterocycles. The number of aromatic nitrogens is 2. The second kappa shape index (κ2) is 9.54. The van der Waals surface area contributed by atoms with Crippen LogP contribution in [0.3, 0.4) is 0 Å². The molecule has 0 saturated carbocycles. The number of methoxy groups -OCH3 is 1. The molecule has 1 aromatic carbocycles. The molecule has 1 amide bonds. The third-order valence-corrected chi connectivity index (χ3v) is 6.56. The van der Waals surface area contributed by atoms with Gasteiger partial charge >= 0.3 is 0 Å². The van der Waals surface area contributed by atoms with Crippen molar-refractivity contribution in [1.29, 1.82) is 0 Å². The third kappa shape index (κ3) is 4.60. The molecule has 0 N–H and O–H groups in total. The van der Waals surface area contributed by atoms with Gasteiger partial charge < -0.3 is 19.4 Å². The van der Waals surface area contributed by atoms with Crippen molar-refractivity contribution in [2.45, 2.75) is 33.1 Å². The fourth-order valence-electron chi connectivity index (χ4n) is 4.60. The van der Waals surface area contributed by atoms with E-state index < -0.39 is 0 Å². The average molecular weight is 424 g/mol. The Bertz CT molecular complexity index is 889. The number of piperazine rings is 1. The van der Waals surface area contributed by atoms with E-state index in [1.54, 1.807) is 7.11 Å². The summed E-state index contributed by atoms with van der Waals surface area (Å²) in [5.41, 5.74) is 3.43. The molecule has 4 rings (SSSR count). The summed E-state index contributed by atoms with van der Waals surface area (Å²) in [6.07, 6.45) is 4.43. The van der Waals surface area contributed by atoms with Crippen LogP contribution in [0.4, 0.5) is 11.6 Å². The molecule has 2 aliphatic rings. The predicted octanol–water partition coefficient (Wildman–Crippen LogP) is 2.79. The van der Waals surface area contributed by atoms with Gasteiger partial charge in [-0.15, -0.1) is 0 Å². The van der Waals surface area contributed by atoms with Crippen LogP contribution in [0.5, 0.6) is 5.75 Å². The summed E-state index contributed by atoms with van der Waals surface area (Å²) in [6.45, 7) is 9.30. The number of nitrogens with zero attached hydrogens (tertiary/aromatic N) is 5. The summed E-state index contributed by atoms with van der Waals surface area (Å²) in [5.74, 6) is 2.00.